The Morgan fingerprint density at radius 2 is 1.57 bits per heavy atom. The van der Waals surface area contributed by atoms with Gasteiger partial charge in [0.2, 0.25) is 0 Å². The average Bonchev–Trinajstić information content (AvgIpc) is 1.98. The van der Waals surface area contributed by atoms with Crippen molar-refractivity contribution >= 4 is 7.69 Å². The molecule has 0 bridgehead atoms. The largest absolute Gasteiger partial charge is 0.435 e. The molecule has 0 fully saturated rings. The van der Waals surface area contributed by atoms with E-state index < -0.39 is 11.2 Å². The van der Waals surface area contributed by atoms with Gasteiger partial charge in [-0.25, -0.2) is 0 Å². The van der Waals surface area contributed by atoms with Crippen molar-refractivity contribution < 1.29 is 19.9 Å². The van der Waals surface area contributed by atoms with Gasteiger partial charge < -0.3 is 19.9 Å². The van der Waals surface area contributed by atoms with Crippen molar-refractivity contribution in [3.05, 3.63) is 12.7 Å². The van der Waals surface area contributed by atoms with Gasteiger partial charge >= 0.3 is 7.69 Å². The summed E-state index contributed by atoms with van der Waals surface area (Å²) in [5.74, 6) is 0. The van der Waals surface area contributed by atoms with Crippen molar-refractivity contribution in [1.29, 1.82) is 0 Å². The molecule has 0 unspecified atom stereocenters. The minimum Gasteiger partial charge on any atom is -0.430 e. The predicted octanol–water partition coefficient (Wildman–Crippen LogP) is -0.0240. The Hall–Kier alpha value is -0.355. The second-order valence-electron chi connectivity index (χ2n) is 3.91. The maximum Gasteiger partial charge on any atom is 0.435 e. The Labute approximate surface area is 86.5 Å². The normalized spacial score (nSPS) is 11.4. The van der Waals surface area contributed by atoms with Crippen molar-refractivity contribution in [2.75, 3.05) is 6.61 Å². The summed E-state index contributed by atoms with van der Waals surface area (Å²) in [6, 6.07) is 0. The molecule has 0 amide bonds. The third-order valence-corrected chi connectivity index (χ3v) is 1.82. The summed E-state index contributed by atoms with van der Waals surface area (Å²) in [6.45, 7) is 10.1. The van der Waals surface area contributed by atoms with Gasteiger partial charge in [0.1, 0.15) is 0 Å². The minimum atomic E-state index is -1.01. The van der Waals surface area contributed by atoms with Crippen LogP contribution in [0.3, 0.4) is 0 Å². The van der Waals surface area contributed by atoms with Gasteiger partial charge in [-0.15, -0.1) is 6.58 Å². The summed E-state index contributed by atoms with van der Waals surface area (Å²) in [7, 11) is -0.216. The van der Waals surface area contributed by atoms with E-state index >= 15 is 0 Å². The molecule has 0 spiro atoms. The number of hydrogen-bond donors (Lipinski definition) is 3. The fourth-order valence-electron chi connectivity index (χ4n) is 0.136. The van der Waals surface area contributed by atoms with Gasteiger partial charge in [0.05, 0.1) is 11.2 Å². The lowest BCUT2D eigenvalue weighted by Gasteiger charge is -2.31. The van der Waals surface area contributed by atoms with Crippen LogP contribution < -0.4 is 0 Å². The Balaban J connectivity index is 0. The van der Waals surface area contributed by atoms with E-state index in [0.717, 1.165) is 0 Å². The fourth-order valence-corrected chi connectivity index (χ4v) is 0.136. The zero-order valence-electron chi connectivity index (χ0n) is 9.45. The SMILES string of the molecule is C=CCOBO.CC(C)(O)C(C)(C)O. The van der Waals surface area contributed by atoms with Crippen molar-refractivity contribution in [2.45, 2.75) is 38.9 Å². The van der Waals surface area contributed by atoms with Crippen LogP contribution in [-0.4, -0.2) is 40.7 Å². The number of hydrogen-bond acceptors (Lipinski definition) is 4. The molecule has 3 N–H and O–H groups in total. The lowest BCUT2D eigenvalue weighted by molar-refractivity contribution is -0.107. The van der Waals surface area contributed by atoms with Gasteiger partial charge in [0, 0.05) is 6.61 Å². The zero-order valence-corrected chi connectivity index (χ0v) is 9.45. The molecule has 0 aromatic heterocycles. The van der Waals surface area contributed by atoms with Gasteiger partial charge in [-0.05, 0) is 27.7 Å². The molecule has 0 aliphatic rings. The summed E-state index contributed by atoms with van der Waals surface area (Å²) >= 11 is 0. The highest BCUT2D eigenvalue weighted by Gasteiger charge is 2.31. The van der Waals surface area contributed by atoms with E-state index in [1.54, 1.807) is 33.8 Å². The molecule has 0 heterocycles. The molecule has 0 saturated carbocycles. The first-order valence-electron chi connectivity index (χ1n) is 4.41. The van der Waals surface area contributed by atoms with Gasteiger partial charge in [0.15, 0.2) is 0 Å². The van der Waals surface area contributed by atoms with Crippen LogP contribution in [0.1, 0.15) is 27.7 Å². The topological polar surface area (TPSA) is 69.9 Å². The second-order valence-corrected chi connectivity index (χ2v) is 3.91. The molecule has 0 radical (unpaired) electrons. The number of aliphatic hydroxyl groups is 2. The minimum absolute atomic E-state index is 0.216. The van der Waals surface area contributed by atoms with E-state index in [4.69, 9.17) is 15.2 Å². The van der Waals surface area contributed by atoms with Crippen LogP contribution in [0.2, 0.25) is 0 Å². The quantitative estimate of drug-likeness (QED) is 0.342. The van der Waals surface area contributed by atoms with E-state index in [1.165, 1.54) is 0 Å². The zero-order chi connectivity index (χ0) is 11.8. The molecular formula is C9H21BO4. The van der Waals surface area contributed by atoms with Crippen LogP contribution in [0.15, 0.2) is 12.7 Å². The molecule has 0 aliphatic heterocycles. The van der Waals surface area contributed by atoms with Crippen molar-refractivity contribution in [1.82, 2.24) is 0 Å². The predicted molar refractivity (Wildman–Crippen MR) is 58.1 cm³/mol. The molecule has 4 nitrogen and oxygen atoms in total. The van der Waals surface area contributed by atoms with E-state index in [-0.39, 0.29) is 7.69 Å². The summed E-state index contributed by atoms with van der Waals surface area (Å²) in [5, 5.41) is 26.1. The fraction of sp³-hybridized carbons (Fsp3) is 0.778. The van der Waals surface area contributed by atoms with E-state index in [9.17, 15) is 0 Å². The summed E-state index contributed by atoms with van der Waals surface area (Å²) in [6.07, 6.45) is 1.58. The first-order chi connectivity index (χ1) is 6.16. The van der Waals surface area contributed by atoms with Gasteiger partial charge in [-0.2, -0.15) is 0 Å². The molecule has 84 valence electrons. The average molecular weight is 204 g/mol. The van der Waals surface area contributed by atoms with E-state index in [1.807, 2.05) is 0 Å². The maximum atomic E-state index is 9.10. The van der Waals surface area contributed by atoms with E-state index in [2.05, 4.69) is 11.2 Å². The van der Waals surface area contributed by atoms with Gasteiger partial charge in [-0.1, -0.05) is 6.08 Å². The molecular weight excluding hydrogens is 183 g/mol. The molecule has 0 aromatic rings. The summed E-state index contributed by atoms with van der Waals surface area (Å²) in [4.78, 5) is 0. The Kier molecular flexibility index (Phi) is 8.05. The summed E-state index contributed by atoms with van der Waals surface area (Å²) in [5.41, 5.74) is -2.01. The molecule has 0 aromatic carbocycles. The Bertz CT molecular complexity index is 134. The van der Waals surface area contributed by atoms with Crippen molar-refractivity contribution in [3.63, 3.8) is 0 Å². The smallest absolute Gasteiger partial charge is 0.430 e. The third-order valence-electron chi connectivity index (χ3n) is 1.82. The second kappa shape index (κ2) is 7.01. The lowest BCUT2D eigenvalue weighted by atomic mass is 9.90. The van der Waals surface area contributed by atoms with Crippen LogP contribution in [-0.2, 0) is 4.65 Å². The Morgan fingerprint density at radius 1 is 1.21 bits per heavy atom. The van der Waals surface area contributed by atoms with Crippen LogP contribution in [0.4, 0.5) is 0 Å². The molecule has 0 aliphatic carbocycles. The molecule has 0 atom stereocenters. The van der Waals surface area contributed by atoms with Crippen molar-refractivity contribution in [2.24, 2.45) is 0 Å². The first kappa shape index (κ1) is 16.1. The highest BCUT2D eigenvalue weighted by atomic mass is 16.5. The lowest BCUT2D eigenvalue weighted by Crippen LogP contribution is -2.44. The highest BCUT2D eigenvalue weighted by molar-refractivity contribution is 6.15. The van der Waals surface area contributed by atoms with Gasteiger partial charge in [0.25, 0.3) is 0 Å². The molecule has 0 rings (SSSR count). The molecule has 5 heteroatoms. The maximum absolute atomic E-state index is 9.10. The van der Waals surface area contributed by atoms with Gasteiger partial charge in [-0.3, -0.25) is 0 Å². The van der Waals surface area contributed by atoms with E-state index in [0.29, 0.717) is 6.61 Å². The third kappa shape index (κ3) is 9.73. The van der Waals surface area contributed by atoms with Crippen molar-refractivity contribution in [3.8, 4) is 0 Å². The van der Waals surface area contributed by atoms with Crippen LogP contribution in [0, 0.1) is 0 Å². The standard InChI is InChI=1S/C6H14O2.C3H7BO2/c1-5(2,7)6(3,4)8;1-2-3-6-4-5/h7-8H,1-4H3;2,4-5H,1,3H2. The molecule has 0 saturated heterocycles. The first-order valence-corrected chi connectivity index (χ1v) is 4.41. The highest BCUT2D eigenvalue weighted by Crippen LogP contribution is 2.19. The number of rotatable bonds is 4. The monoisotopic (exact) mass is 204 g/mol. The summed E-state index contributed by atoms with van der Waals surface area (Å²) < 4.78 is 4.42. The van der Waals surface area contributed by atoms with Crippen LogP contribution in [0.25, 0.3) is 0 Å². The molecule has 14 heavy (non-hydrogen) atoms. The Morgan fingerprint density at radius 3 is 1.64 bits per heavy atom. The van der Waals surface area contributed by atoms with Crippen LogP contribution in [0.5, 0.6) is 0 Å². The van der Waals surface area contributed by atoms with Crippen LogP contribution >= 0.6 is 0 Å².